The zero-order valence-corrected chi connectivity index (χ0v) is 13.3. The summed E-state index contributed by atoms with van der Waals surface area (Å²) in [4.78, 5) is 8.58. The number of rotatable bonds is 7. The maximum atomic E-state index is 5.24. The van der Waals surface area contributed by atoms with E-state index in [1.165, 1.54) is 5.56 Å². The molecular weight excluding hydrogens is 296 g/mol. The summed E-state index contributed by atoms with van der Waals surface area (Å²) in [6, 6.07) is 8.27. The topological polar surface area (TPSA) is 63.8 Å². The van der Waals surface area contributed by atoms with Gasteiger partial charge < -0.3 is 9.84 Å². The lowest BCUT2D eigenvalue weighted by molar-refractivity contribution is 0.423. The second kappa shape index (κ2) is 7.29. The van der Waals surface area contributed by atoms with Gasteiger partial charge in [0.25, 0.3) is 5.89 Å². The molecule has 2 aromatic heterocycles. The summed E-state index contributed by atoms with van der Waals surface area (Å²) in [6.07, 6.45) is 1.76. The molecule has 6 heteroatoms. The number of hydrogen-bond acceptors (Lipinski definition) is 6. The van der Waals surface area contributed by atoms with Crippen LogP contribution >= 0.6 is 11.3 Å². The summed E-state index contributed by atoms with van der Waals surface area (Å²) in [5.74, 6) is 1.33. The fraction of sp³-hybridized carbons (Fsp3) is 0.312. The average Bonchev–Trinajstić information content (AvgIpc) is 3.23. The van der Waals surface area contributed by atoms with Crippen LogP contribution in [0, 0.1) is 0 Å². The molecule has 1 aromatic carbocycles. The van der Waals surface area contributed by atoms with Gasteiger partial charge in [-0.25, -0.2) is 4.98 Å². The first kappa shape index (κ1) is 14.9. The lowest BCUT2D eigenvalue weighted by Crippen LogP contribution is -2.16. The van der Waals surface area contributed by atoms with E-state index >= 15 is 0 Å². The van der Waals surface area contributed by atoms with Gasteiger partial charge in [-0.3, -0.25) is 0 Å². The molecule has 0 saturated carbocycles. The van der Waals surface area contributed by atoms with Crippen LogP contribution in [-0.4, -0.2) is 21.7 Å². The van der Waals surface area contributed by atoms with E-state index in [0.29, 0.717) is 5.89 Å². The number of nitrogens with one attached hydrogen (secondary N) is 1. The molecule has 114 valence electrons. The molecular formula is C16H18N4OS. The summed E-state index contributed by atoms with van der Waals surface area (Å²) >= 11 is 1.63. The predicted molar refractivity (Wildman–Crippen MR) is 86.6 cm³/mol. The van der Waals surface area contributed by atoms with E-state index in [2.05, 4.69) is 38.0 Å². The number of benzene rings is 1. The van der Waals surface area contributed by atoms with Crippen LogP contribution in [0.15, 0.2) is 39.7 Å². The van der Waals surface area contributed by atoms with Gasteiger partial charge in [0, 0.05) is 23.9 Å². The number of aromatic nitrogens is 3. The fourth-order valence-electron chi connectivity index (χ4n) is 2.10. The van der Waals surface area contributed by atoms with Gasteiger partial charge in [0.05, 0.1) is 11.2 Å². The summed E-state index contributed by atoms with van der Waals surface area (Å²) in [6.45, 7) is 3.76. The molecule has 0 radical (unpaired) electrons. The first-order chi connectivity index (χ1) is 10.8. The van der Waals surface area contributed by atoms with Crippen LogP contribution < -0.4 is 5.32 Å². The molecule has 1 N–H and O–H groups in total. The molecule has 22 heavy (non-hydrogen) atoms. The van der Waals surface area contributed by atoms with E-state index in [9.17, 15) is 0 Å². The van der Waals surface area contributed by atoms with Crippen molar-refractivity contribution in [3.8, 4) is 11.5 Å². The fourth-order valence-corrected chi connectivity index (χ4v) is 2.66. The Morgan fingerprint density at radius 2 is 2.09 bits per heavy atom. The minimum atomic E-state index is 0.588. The summed E-state index contributed by atoms with van der Waals surface area (Å²) in [5, 5.41) is 9.38. The summed E-state index contributed by atoms with van der Waals surface area (Å²) in [5.41, 5.74) is 5.21. The van der Waals surface area contributed by atoms with Crippen LogP contribution in [0.3, 0.4) is 0 Å². The highest BCUT2D eigenvalue weighted by Gasteiger charge is 2.07. The largest absolute Gasteiger partial charge is 0.334 e. The molecule has 3 rings (SSSR count). The molecule has 2 heterocycles. The van der Waals surface area contributed by atoms with Crippen LogP contribution in [0.1, 0.15) is 24.0 Å². The zero-order valence-electron chi connectivity index (χ0n) is 12.5. The monoisotopic (exact) mass is 314 g/mol. The number of thiazole rings is 1. The van der Waals surface area contributed by atoms with E-state index in [4.69, 9.17) is 4.52 Å². The highest BCUT2D eigenvalue weighted by molar-refractivity contribution is 7.07. The molecule has 0 spiro atoms. The van der Waals surface area contributed by atoms with Crippen molar-refractivity contribution in [2.45, 2.75) is 26.3 Å². The third-order valence-electron chi connectivity index (χ3n) is 3.37. The van der Waals surface area contributed by atoms with Crippen LogP contribution in [0.4, 0.5) is 0 Å². The lowest BCUT2D eigenvalue weighted by atomic mass is 10.1. The molecule has 0 amide bonds. The predicted octanol–water partition coefficient (Wildman–Crippen LogP) is 3.09. The lowest BCUT2D eigenvalue weighted by Gasteiger charge is -2.04. The number of aryl methyl sites for hydroxylation is 1. The van der Waals surface area contributed by atoms with Gasteiger partial charge in [-0.1, -0.05) is 24.2 Å². The van der Waals surface area contributed by atoms with Gasteiger partial charge in [-0.15, -0.1) is 11.3 Å². The van der Waals surface area contributed by atoms with Crippen molar-refractivity contribution in [3.63, 3.8) is 0 Å². The van der Waals surface area contributed by atoms with Crippen LogP contribution in [0.2, 0.25) is 0 Å². The van der Waals surface area contributed by atoms with Crippen LogP contribution in [0.25, 0.3) is 11.5 Å². The minimum absolute atomic E-state index is 0.588. The molecule has 3 aromatic rings. The molecule has 0 aliphatic heterocycles. The van der Waals surface area contributed by atoms with Crippen molar-refractivity contribution < 1.29 is 4.52 Å². The van der Waals surface area contributed by atoms with E-state index in [1.54, 1.807) is 11.3 Å². The highest BCUT2D eigenvalue weighted by Crippen LogP contribution is 2.18. The molecule has 5 nitrogen and oxygen atoms in total. The van der Waals surface area contributed by atoms with E-state index < -0.39 is 0 Å². The van der Waals surface area contributed by atoms with Gasteiger partial charge in [-0.2, -0.15) is 4.98 Å². The Bertz CT molecular complexity index is 691. The minimum Gasteiger partial charge on any atom is -0.334 e. The Morgan fingerprint density at radius 1 is 1.23 bits per heavy atom. The average molecular weight is 314 g/mol. The normalized spacial score (nSPS) is 11.0. The highest BCUT2D eigenvalue weighted by atomic mass is 32.1. The SMILES string of the molecule is CCc1noc(-c2ccc(CCNCc3cscn3)cc2)n1. The van der Waals surface area contributed by atoms with Gasteiger partial charge in [0.15, 0.2) is 5.82 Å². The van der Waals surface area contributed by atoms with Crippen LogP contribution in [-0.2, 0) is 19.4 Å². The Morgan fingerprint density at radius 3 is 2.77 bits per heavy atom. The Kier molecular flexibility index (Phi) is 4.92. The molecule has 0 aliphatic carbocycles. The molecule has 0 aliphatic rings. The molecule has 0 bridgehead atoms. The van der Waals surface area contributed by atoms with E-state index in [1.807, 2.05) is 24.6 Å². The quantitative estimate of drug-likeness (QED) is 0.679. The third-order valence-corrected chi connectivity index (χ3v) is 4.00. The van der Waals surface area contributed by atoms with Crippen LogP contribution in [0.5, 0.6) is 0 Å². The van der Waals surface area contributed by atoms with Crippen molar-refractivity contribution in [1.82, 2.24) is 20.4 Å². The van der Waals surface area contributed by atoms with Gasteiger partial charge in [0.1, 0.15) is 0 Å². The number of nitrogens with zero attached hydrogens (tertiary/aromatic N) is 3. The van der Waals surface area contributed by atoms with Gasteiger partial charge in [-0.05, 0) is 30.7 Å². The molecule has 0 unspecified atom stereocenters. The smallest absolute Gasteiger partial charge is 0.257 e. The Balaban J connectivity index is 1.50. The molecule has 0 atom stereocenters. The first-order valence-corrected chi connectivity index (χ1v) is 8.29. The maximum Gasteiger partial charge on any atom is 0.257 e. The van der Waals surface area contributed by atoms with Crippen molar-refractivity contribution in [2.24, 2.45) is 0 Å². The molecule has 0 saturated heterocycles. The standard InChI is InChI=1S/C16H18N4OS/c1-2-15-19-16(21-20-15)13-5-3-12(4-6-13)7-8-17-9-14-10-22-11-18-14/h3-6,10-11,17H,2,7-9H2,1H3. The van der Waals surface area contributed by atoms with Crippen molar-refractivity contribution >= 4 is 11.3 Å². The van der Waals surface area contributed by atoms with E-state index in [0.717, 1.165) is 43.0 Å². The Hall–Kier alpha value is -2.05. The van der Waals surface area contributed by atoms with Crippen molar-refractivity contribution in [3.05, 3.63) is 52.2 Å². The van der Waals surface area contributed by atoms with Crippen molar-refractivity contribution in [2.75, 3.05) is 6.54 Å². The number of hydrogen-bond donors (Lipinski definition) is 1. The van der Waals surface area contributed by atoms with Gasteiger partial charge >= 0.3 is 0 Å². The zero-order chi connectivity index (χ0) is 15.2. The van der Waals surface area contributed by atoms with Gasteiger partial charge in [0.2, 0.25) is 0 Å². The second-order valence-electron chi connectivity index (χ2n) is 4.97. The summed E-state index contributed by atoms with van der Waals surface area (Å²) in [7, 11) is 0. The third kappa shape index (κ3) is 3.78. The first-order valence-electron chi connectivity index (χ1n) is 7.35. The molecule has 0 fully saturated rings. The summed E-state index contributed by atoms with van der Waals surface area (Å²) < 4.78 is 5.24. The van der Waals surface area contributed by atoms with E-state index in [-0.39, 0.29) is 0 Å². The Labute approximate surface area is 133 Å². The van der Waals surface area contributed by atoms with Crippen molar-refractivity contribution in [1.29, 1.82) is 0 Å². The maximum absolute atomic E-state index is 5.24. The second-order valence-corrected chi connectivity index (χ2v) is 5.69.